The lowest BCUT2D eigenvalue weighted by Crippen LogP contribution is -2.33. The van der Waals surface area contributed by atoms with Crippen LogP contribution < -0.4 is 5.73 Å². The van der Waals surface area contributed by atoms with Gasteiger partial charge in [-0.1, -0.05) is 13.0 Å². The fraction of sp³-hybridized carbons (Fsp3) is 0.538. The second-order valence-corrected chi connectivity index (χ2v) is 6.90. The lowest BCUT2D eigenvalue weighted by molar-refractivity contribution is -0.117. The van der Waals surface area contributed by atoms with Gasteiger partial charge < -0.3 is 5.73 Å². The molecule has 18 heavy (non-hydrogen) atoms. The molecule has 1 saturated heterocycles. The van der Waals surface area contributed by atoms with Crippen LogP contribution in [-0.2, 0) is 11.2 Å². The maximum absolute atomic E-state index is 12.4. The minimum atomic E-state index is 0.119. The zero-order valence-electron chi connectivity index (χ0n) is 10.5. The fourth-order valence-corrected chi connectivity index (χ4v) is 5.13. The first kappa shape index (κ1) is 13.7. The maximum Gasteiger partial charge on any atom is 0.151 e. The first-order valence-electron chi connectivity index (χ1n) is 6.17. The van der Waals surface area contributed by atoms with Gasteiger partial charge in [-0.2, -0.15) is 11.8 Å². The highest BCUT2D eigenvalue weighted by atomic mass is 32.2. The fourth-order valence-electron chi connectivity index (χ4n) is 2.09. The Bertz CT molecular complexity index is 425. The predicted octanol–water partition coefficient (Wildman–Crippen LogP) is 2.40. The third kappa shape index (κ3) is 3.20. The molecule has 5 heteroatoms. The summed E-state index contributed by atoms with van der Waals surface area (Å²) in [5, 5.41) is 0.572. The Morgan fingerprint density at radius 3 is 3.00 bits per heavy atom. The van der Waals surface area contributed by atoms with Gasteiger partial charge in [0.05, 0.1) is 5.25 Å². The van der Waals surface area contributed by atoms with Crippen molar-refractivity contribution in [3.05, 3.63) is 23.9 Å². The van der Waals surface area contributed by atoms with Gasteiger partial charge in [-0.3, -0.25) is 4.79 Å². The number of aromatic nitrogens is 1. The summed E-state index contributed by atoms with van der Waals surface area (Å²) >= 11 is 3.72. The van der Waals surface area contributed by atoms with E-state index in [9.17, 15) is 4.79 Å². The molecule has 0 aromatic carbocycles. The molecule has 2 atom stereocenters. The third-order valence-corrected chi connectivity index (χ3v) is 6.36. The van der Waals surface area contributed by atoms with E-state index < -0.39 is 0 Å². The van der Waals surface area contributed by atoms with Crippen molar-refractivity contribution in [3.8, 4) is 0 Å². The number of carbonyl (C=O) groups is 1. The Balaban J connectivity index is 2.05. The Hall–Kier alpha value is -0.680. The molecule has 98 valence electrons. The number of carbonyl (C=O) groups excluding carboxylic acids is 1. The van der Waals surface area contributed by atoms with Crippen molar-refractivity contribution in [2.24, 2.45) is 0 Å². The van der Waals surface area contributed by atoms with E-state index in [1.54, 1.807) is 18.0 Å². The minimum absolute atomic E-state index is 0.119. The Morgan fingerprint density at radius 2 is 2.28 bits per heavy atom. The summed E-state index contributed by atoms with van der Waals surface area (Å²) in [5.41, 5.74) is 6.65. The Morgan fingerprint density at radius 1 is 1.50 bits per heavy atom. The second-order valence-electron chi connectivity index (χ2n) is 4.30. The Kier molecular flexibility index (Phi) is 4.95. The third-order valence-electron chi connectivity index (χ3n) is 3.06. The molecule has 1 aliphatic heterocycles. The molecule has 1 fully saturated rings. The van der Waals surface area contributed by atoms with Gasteiger partial charge in [0.2, 0.25) is 0 Å². The van der Waals surface area contributed by atoms with E-state index in [0.717, 1.165) is 23.5 Å². The highest BCUT2D eigenvalue weighted by molar-refractivity contribution is 8.07. The van der Waals surface area contributed by atoms with E-state index in [2.05, 4.69) is 11.9 Å². The molecule has 0 radical (unpaired) electrons. The zero-order chi connectivity index (χ0) is 13.0. The number of Topliss-reactive ketones (excluding diaryl/α,β-unsaturated/α-hetero) is 1. The molecule has 1 aromatic heterocycles. The van der Waals surface area contributed by atoms with E-state index in [0.29, 0.717) is 23.3 Å². The highest BCUT2D eigenvalue weighted by Gasteiger charge is 2.30. The van der Waals surface area contributed by atoms with Crippen LogP contribution in [-0.4, -0.2) is 32.8 Å². The molecule has 0 saturated carbocycles. The summed E-state index contributed by atoms with van der Waals surface area (Å²) in [5.74, 6) is 2.99. The van der Waals surface area contributed by atoms with E-state index in [1.165, 1.54) is 0 Å². The smallest absolute Gasteiger partial charge is 0.151 e. The van der Waals surface area contributed by atoms with Gasteiger partial charge in [0, 0.05) is 34.9 Å². The molecule has 1 aliphatic rings. The number of nitrogens with zero attached hydrogens (tertiary/aromatic N) is 1. The summed E-state index contributed by atoms with van der Waals surface area (Å²) in [7, 11) is 0. The largest absolute Gasteiger partial charge is 0.383 e. The first-order valence-corrected chi connectivity index (χ1v) is 8.27. The van der Waals surface area contributed by atoms with Gasteiger partial charge in [-0.05, 0) is 12.5 Å². The topological polar surface area (TPSA) is 56.0 Å². The molecule has 2 rings (SSSR count). The Labute approximate surface area is 116 Å². The van der Waals surface area contributed by atoms with Crippen molar-refractivity contribution in [2.45, 2.75) is 30.3 Å². The monoisotopic (exact) mass is 282 g/mol. The van der Waals surface area contributed by atoms with Crippen LogP contribution >= 0.6 is 23.5 Å². The molecule has 2 N–H and O–H groups in total. The normalized spacial score (nSPS) is 23.8. The van der Waals surface area contributed by atoms with Gasteiger partial charge in [-0.15, -0.1) is 11.8 Å². The van der Waals surface area contributed by atoms with Gasteiger partial charge >= 0.3 is 0 Å². The number of hydrogen-bond acceptors (Lipinski definition) is 5. The van der Waals surface area contributed by atoms with Gasteiger partial charge in [0.15, 0.2) is 5.78 Å². The highest BCUT2D eigenvalue weighted by Crippen LogP contribution is 2.34. The predicted molar refractivity (Wildman–Crippen MR) is 80.1 cm³/mol. The number of nitrogen functional groups attached to an aromatic ring is 1. The van der Waals surface area contributed by atoms with Gasteiger partial charge in [0.25, 0.3) is 0 Å². The zero-order valence-corrected chi connectivity index (χ0v) is 12.1. The van der Waals surface area contributed by atoms with Crippen molar-refractivity contribution in [1.29, 1.82) is 0 Å². The van der Waals surface area contributed by atoms with Crippen LogP contribution in [0.1, 0.15) is 18.9 Å². The minimum Gasteiger partial charge on any atom is -0.383 e. The van der Waals surface area contributed by atoms with Crippen molar-refractivity contribution in [2.75, 3.05) is 17.2 Å². The summed E-state index contributed by atoms with van der Waals surface area (Å²) in [6, 6.07) is 3.72. The van der Waals surface area contributed by atoms with E-state index in [-0.39, 0.29) is 5.25 Å². The molecule has 0 amide bonds. The van der Waals surface area contributed by atoms with Crippen LogP contribution in [0.3, 0.4) is 0 Å². The number of thioether (sulfide) groups is 2. The lowest BCUT2D eigenvalue weighted by atomic mass is 10.0. The number of ketones is 1. The molecule has 3 nitrogen and oxygen atoms in total. The summed E-state index contributed by atoms with van der Waals surface area (Å²) < 4.78 is 0. The van der Waals surface area contributed by atoms with Crippen molar-refractivity contribution >= 4 is 35.1 Å². The van der Waals surface area contributed by atoms with Crippen molar-refractivity contribution in [3.63, 3.8) is 0 Å². The molecule has 0 spiro atoms. The van der Waals surface area contributed by atoms with E-state index in [4.69, 9.17) is 5.73 Å². The van der Waals surface area contributed by atoms with Gasteiger partial charge in [-0.25, -0.2) is 4.98 Å². The van der Waals surface area contributed by atoms with E-state index in [1.807, 2.05) is 23.9 Å². The molecule has 2 heterocycles. The van der Waals surface area contributed by atoms with Crippen LogP contribution in [0.2, 0.25) is 0 Å². The summed E-state index contributed by atoms with van der Waals surface area (Å²) in [4.78, 5) is 16.4. The van der Waals surface area contributed by atoms with Crippen molar-refractivity contribution < 1.29 is 4.79 Å². The molecule has 0 bridgehead atoms. The average Bonchev–Trinajstić information content (AvgIpc) is 2.41. The van der Waals surface area contributed by atoms with Crippen LogP contribution in [0.15, 0.2) is 18.3 Å². The first-order chi connectivity index (χ1) is 8.72. The lowest BCUT2D eigenvalue weighted by Gasteiger charge is -2.28. The summed E-state index contributed by atoms with van der Waals surface area (Å²) in [6.07, 6.45) is 3.12. The number of anilines is 1. The quantitative estimate of drug-likeness (QED) is 0.919. The number of pyridine rings is 1. The molecule has 1 aromatic rings. The van der Waals surface area contributed by atoms with Crippen LogP contribution in [0, 0.1) is 0 Å². The maximum atomic E-state index is 12.4. The van der Waals surface area contributed by atoms with E-state index >= 15 is 0 Å². The standard InChI is InChI=1S/C13H18N2OS2/c1-2-11-12(18-7-6-17-11)10(16)8-9-4-3-5-15-13(9)14/h3-5,11-12H,2,6-8H2,1H3,(H2,14,15). The van der Waals surface area contributed by atoms with Gasteiger partial charge in [0.1, 0.15) is 5.82 Å². The second kappa shape index (κ2) is 6.48. The van der Waals surface area contributed by atoms with Crippen LogP contribution in [0.25, 0.3) is 0 Å². The van der Waals surface area contributed by atoms with Crippen LogP contribution in [0.5, 0.6) is 0 Å². The molecular weight excluding hydrogens is 264 g/mol. The number of rotatable bonds is 4. The summed E-state index contributed by atoms with van der Waals surface area (Å²) in [6.45, 7) is 2.16. The number of hydrogen-bond donors (Lipinski definition) is 1. The SMILES string of the molecule is CCC1SCCSC1C(=O)Cc1cccnc1N. The molecular formula is C13H18N2OS2. The average molecular weight is 282 g/mol. The van der Waals surface area contributed by atoms with Crippen LogP contribution in [0.4, 0.5) is 5.82 Å². The molecule has 0 aliphatic carbocycles. The molecule has 2 unspecified atom stereocenters. The van der Waals surface area contributed by atoms with Crippen molar-refractivity contribution in [1.82, 2.24) is 4.98 Å². The number of nitrogens with two attached hydrogens (primary N) is 1.